The molecule has 34 heavy (non-hydrogen) atoms. The molecule has 5 fully saturated rings. The SMILES string of the molecule is C=C(C)[C@@H]1CC[C@]2(C(=O)O)CC[C@]3(C)[C@H](CC[C@@H]4[C@@]5(C)CCC(=O)C(C)(C)[C@@H]5[C@H](O)C[C@]43C)[C@H]12. The summed E-state index contributed by atoms with van der Waals surface area (Å²) in [4.78, 5) is 25.7. The van der Waals surface area contributed by atoms with E-state index in [9.17, 15) is 19.8 Å². The van der Waals surface area contributed by atoms with Crippen LogP contribution >= 0.6 is 0 Å². The Kier molecular flexibility index (Phi) is 5.20. The second-order valence-corrected chi connectivity index (χ2v) is 14.4. The Bertz CT molecular complexity index is 936. The predicted molar refractivity (Wildman–Crippen MR) is 133 cm³/mol. The number of allylic oxidation sites excluding steroid dienone is 1. The highest BCUT2D eigenvalue weighted by molar-refractivity contribution is 5.85. The minimum atomic E-state index is -0.615. The molecule has 0 radical (unpaired) electrons. The van der Waals surface area contributed by atoms with Crippen molar-refractivity contribution in [2.24, 2.45) is 56.7 Å². The van der Waals surface area contributed by atoms with Gasteiger partial charge in [-0.25, -0.2) is 0 Å². The number of ketones is 1. The third-order valence-corrected chi connectivity index (χ3v) is 13.1. The summed E-state index contributed by atoms with van der Waals surface area (Å²) in [6.07, 6.45) is 7.24. The summed E-state index contributed by atoms with van der Waals surface area (Å²) in [6, 6.07) is 0. The Hall–Kier alpha value is -1.16. The van der Waals surface area contributed by atoms with Gasteiger partial charge in [-0.3, -0.25) is 9.59 Å². The van der Waals surface area contributed by atoms with Crippen LogP contribution < -0.4 is 0 Å². The molecule has 0 aromatic heterocycles. The number of aliphatic hydroxyl groups excluding tert-OH is 1. The van der Waals surface area contributed by atoms with Crippen molar-refractivity contribution < 1.29 is 19.8 Å². The Morgan fingerprint density at radius 2 is 1.65 bits per heavy atom. The number of carboxylic acid groups (broad SMARTS) is 1. The summed E-state index contributed by atoms with van der Waals surface area (Å²) in [6.45, 7) is 17.8. The molecule has 0 saturated heterocycles. The van der Waals surface area contributed by atoms with Crippen molar-refractivity contribution in [1.82, 2.24) is 0 Å². The van der Waals surface area contributed by atoms with Gasteiger partial charge in [-0.15, -0.1) is 0 Å². The molecular formula is C30H46O4. The summed E-state index contributed by atoms with van der Waals surface area (Å²) in [5, 5.41) is 22.2. The van der Waals surface area contributed by atoms with Gasteiger partial charge >= 0.3 is 5.97 Å². The molecule has 5 rings (SSSR count). The van der Waals surface area contributed by atoms with Crippen LogP contribution in [0.4, 0.5) is 0 Å². The summed E-state index contributed by atoms with van der Waals surface area (Å²) in [5.41, 5.74) is -0.110. The van der Waals surface area contributed by atoms with Crippen LogP contribution in [0.5, 0.6) is 0 Å². The van der Waals surface area contributed by atoms with Crippen LogP contribution in [-0.2, 0) is 9.59 Å². The van der Waals surface area contributed by atoms with Crippen LogP contribution in [0.1, 0.15) is 99.3 Å². The van der Waals surface area contributed by atoms with E-state index in [-0.39, 0.29) is 34.0 Å². The first-order valence-corrected chi connectivity index (χ1v) is 13.8. The van der Waals surface area contributed by atoms with E-state index < -0.39 is 22.9 Å². The molecule has 4 heteroatoms. The van der Waals surface area contributed by atoms with Gasteiger partial charge in [0.15, 0.2) is 0 Å². The third-order valence-electron chi connectivity index (χ3n) is 13.1. The van der Waals surface area contributed by atoms with Crippen LogP contribution in [0.2, 0.25) is 0 Å². The van der Waals surface area contributed by atoms with Gasteiger partial charge in [0.2, 0.25) is 0 Å². The molecule has 0 heterocycles. The summed E-state index contributed by atoms with van der Waals surface area (Å²) < 4.78 is 0. The molecule has 2 N–H and O–H groups in total. The molecule has 0 aromatic rings. The molecule has 5 aliphatic carbocycles. The molecule has 190 valence electrons. The van der Waals surface area contributed by atoms with Crippen molar-refractivity contribution in [2.45, 2.75) is 105 Å². The Morgan fingerprint density at radius 3 is 2.26 bits per heavy atom. The highest BCUT2D eigenvalue weighted by Crippen LogP contribution is 2.77. The van der Waals surface area contributed by atoms with Gasteiger partial charge in [-0.2, -0.15) is 0 Å². The number of rotatable bonds is 2. The lowest BCUT2D eigenvalue weighted by molar-refractivity contribution is -0.259. The molecule has 0 amide bonds. The normalized spacial score (nSPS) is 53.8. The fourth-order valence-corrected chi connectivity index (χ4v) is 11.5. The van der Waals surface area contributed by atoms with E-state index in [4.69, 9.17) is 0 Å². The molecule has 5 aliphatic rings. The van der Waals surface area contributed by atoms with Crippen molar-refractivity contribution in [3.63, 3.8) is 0 Å². The van der Waals surface area contributed by atoms with Crippen molar-refractivity contribution in [3.05, 3.63) is 12.2 Å². The molecule has 0 unspecified atom stereocenters. The number of aliphatic carboxylic acids is 1. The Balaban J connectivity index is 1.60. The number of carbonyl (C=O) groups excluding carboxylic acids is 1. The number of fused-ring (bicyclic) bond motifs is 7. The quantitative estimate of drug-likeness (QED) is 0.467. The van der Waals surface area contributed by atoms with E-state index in [2.05, 4.69) is 48.1 Å². The van der Waals surface area contributed by atoms with Crippen molar-refractivity contribution in [2.75, 3.05) is 0 Å². The zero-order valence-electron chi connectivity index (χ0n) is 22.2. The number of hydrogen-bond acceptors (Lipinski definition) is 3. The molecular weight excluding hydrogens is 424 g/mol. The van der Waals surface area contributed by atoms with Crippen molar-refractivity contribution in [3.8, 4) is 0 Å². The molecule has 10 atom stereocenters. The molecule has 5 saturated carbocycles. The van der Waals surface area contributed by atoms with Gasteiger partial charge in [0.25, 0.3) is 0 Å². The first-order valence-electron chi connectivity index (χ1n) is 13.8. The maximum Gasteiger partial charge on any atom is 0.309 e. The van der Waals surface area contributed by atoms with E-state index in [1.807, 2.05) is 0 Å². The third kappa shape index (κ3) is 2.70. The van der Waals surface area contributed by atoms with Crippen molar-refractivity contribution >= 4 is 11.8 Å². The lowest BCUT2D eigenvalue weighted by atomic mass is 9.32. The van der Waals surface area contributed by atoms with Gasteiger partial charge in [0.05, 0.1) is 11.5 Å². The monoisotopic (exact) mass is 470 g/mol. The van der Waals surface area contributed by atoms with Crippen LogP contribution in [-0.4, -0.2) is 28.1 Å². The first-order chi connectivity index (χ1) is 15.7. The highest BCUT2D eigenvalue weighted by Gasteiger charge is 2.73. The van der Waals surface area contributed by atoms with Gasteiger partial charge in [0.1, 0.15) is 5.78 Å². The number of aliphatic hydroxyl groups is 1. The second kappa shape index (κ2) is 7.20. The Morgan fingerprint density at radius 1 is 0.971 bits per heavy atom. The molecule has 0 aliphatic heterocycles. The van der Waals surface area contributed by atoms with E-state index in [1.54, 1.807) is 0 Å². The summed E-state index contributed by atoms with van der Waals surface area (Å²) in [7, 11) is 0. The van der Waals surface area contributed by atoms with Gasteiger partial charge in [0, 0.05) is 17.8 Å². The number of carboxylic acids is 1. The topological polar surface area (TPSA) is 74.6 Å². The Labute approximate surface area is 206 Å². The minimum absolute atomic E-state index is 0.00387. The zero-order valence-corrected chi connectivity index (χ0v) is 22.2. The smallest absolute Gasteiger partial charge is 0.309 e. The van der Waals surface area contributed by atoms with Crippen LogP contribution in [0.3, 0.4) is 0 Å². The molecule has 0 aromatic carbocycles. The molecule has 0 bridgehead atoms. The first kappa shape index (κ1) is 24.5. The second-order valence-electron chi connectivity index (χ2n) is 14.4. The fourth-order valence-electron chi connectivity index (χ4n) is 11.5. The van der Waals surface area contributed by atoms with E-state index >= 15 is 0 Å². The van der Waals surface area contributed by atoms with E-state index in [0.717, 1.165) is 56.9 Å². The van der Waals surface area contributed by atoms with Gasteiger partial charge < -0.3 is 10.2 Å². The molecule has 4 nitrogen and oxygen atoms in total. The molecule has 0 spiro atoms. The number of carbonyl (C=O) groups is 2. The van der Waals surface area contributed by atoms with Crippen LogP contribution in [0.15, 0.2) is 12.2 Å². The average Bonchev–Trinajstić information content (AvgIpc) is 3.13. The number of hydrogen-bond donors (Lipinski definition) is 2. The standard InChI is InChI=1S/C30H46O4/c1-17(2)18-10-13-30(25(33)34)15-14-28(6)19(23(18)30)8-9-21-27(5)12-11-22(32)26(3,4)24(27)20(31)16-29(21,28)7/h18-21,23-24,31H,1,8-16H2,2-7H3,(H,33,34)/t18-,19+,20+,21+,23-,24-,27+,28+,29+,30-/m0/s1. The number of Topliss-reactive ketones (excluding diaryl/α,β-unsaturated/α-hetero) is 1. The highest BCUT2D eigenvalue weighted by atomic mass is 16.4. The maximum absolute atomic E-state index is 12.9. The van der Waals surface area contributed by atoms with Gasteiger partial charge in [-0.05, 0) is 98.2 Å². The fraction of sp³-hybridized carbons (Fsp3) is 0.867. The average molecular weight is 471 g/mol. The predicted octanol–water partition coefficient (Wildman–Crippen LogP) is 6.27. The minimum Gasteiger partial charge on any atom is -0.481 e. The van der Waals surface area contributed by atoms with Crippen LogP contribution in [0.25, 0.3) is 0 Å². The van der Waals surface area contributed by atoms with E-state index in [0.29, 0.717) is 24.0 Å². The zero-order chi connectivity index (χ0) is 25.1. The summed E-state index contributed by atoms with van der Waals surface area (Å²) >= 11 is 0. The lowest BCUT2D eigenvalue weighted by Gasteiger charge is -2.72. The van der Waals surface area contributed by atoms with E-state index in [1.165, 1.54) is 0 Å². The lowest BCUT2D eigenvalue weighted by Crippen LogP contribution is -2.69. The van der Waals surface area contributed by atoms with Crippen LogP contribution in [0, 0.1) is 56.7 Å². The maximum atomic E-state index is 12.9. The van der Waals surface area contributed by atoms with Crippen molar-refractivity contribution in [1.29, 1.82) is 0 Å². The largest absolute Gasteiger partial charge is 0.481 e. The van der Waals surface area contributed by atoms with Gasteiger partial charge in [-0.1, -0.05) is 46.8 Å². The summed E-state index contributed by atoms with van der Waals surface area (Å²) in [5.74, 6) is 0.916.